The summed E-state index contributed by atoms with van der Waals surface area (Å²) in [6.07, 6.45) is 2.87. The van der Waals surface area contributed by atoms with E-state index in [1.165, 1.54) is 5.56 Å². The molecule has 0 aliphatic carbocycles. The quantitative estimate of drug-likeness (QED) is 0.641. The fraction of sp³-hybridized carbons (Fsp3) is 0.286. The van der Waals surface area contributed by atoms with E-state index in [-0.39, 0.29) is 12.3 Å². The van der Waals surface area contributed by atoms with E-state index in [0.29, 0.717) is 23.8 Å². The van der Waals surface area contributed by atoms with Gasteiger partial charge in [0.1, 0.15) is 0 Å². The van der Waals surface area contributed by atoms with Crippen LogP contribution in [0.5, 0.6) is 17.2 Å². The zero-order valence-corrected chi connectivity index (χ0v) is 15.8. The topological polar surface area (TPSA) is 72.6 Å². The van der Waals surface area contributed by atoms with Gasteiger partial charge in [-0.25, -0.2) is 0 Å². The molecule has 0 saturated heterocycles. The maximum Gasteiger partial charge on any atom is 0.224 e. The number of aromatic nitrogens is 1. The van der Waals surface area contributed by atoms with Crippen LogP contribution < -0.4 is 19.5 Å². The van der Waals surface area contributed by atoms with Crippen LogP contribution in [-0.4, -0.2) is 38.8 Å². The lowest BCUT2D eigenvalue weighted by Gasteiger charge is -2.14. The first kappa shape index (κ1) is 18.6. The third-order valence-electron chi connectivity index (χ3n) is 4.48. The molecule has 27 heavy (non-hydrogen) atoms. The first-order valence-corrected chi connectivity index (χ1v) is 8.77. The summed E-state index contributed by atoms with van der Waals surface area (Å²) >= 11 is 0. The number of ether oxygens (including phenoxy) is 3. The average Bonchev–Trinajstić information content (AvgIpc) is 3.09. The number of fused-ring (bicyclic) bond motifs is 1. The van der Waals surface area contributed by atoms with Gasteiger partial charge in [-0.2, -0.15) is 0 Å². The Hall–Kier alpha value is -3.15. The number of methoxy groups -OCH3 is 3. The van der Waals surface area contributed by atoms with Crippen LogP contribution >= 0.6 is 0 Å². The molecule has 0 saturated carbocycles. The molecule has 0 bridgehead atoms. The van der Waals surface area contributed by atoms with E-state index in [9.17, 15) is 4.79 Å². The first-order chi connectivity index (χ1) is 13.2. The van der Waals surface area contributed by atoms with Crippen molar-refractivity contribution >= 4 is 16.8 Å². The van der Waals surface area contributed by atoms with Gasteiger partial charge in [0.05, 0.1) is 33.3 Å². The highest BCUT2D eigenvalue weighted by Crippen LogP contribution is 2.44. The molecular weight excluding hydrogens is 344 g/mol. The molecule has 0 radical (unpaired) electrons. The number of nitrogens with one attached hydrogen (secondary N) is 2. The number of hydrogen-bond acceptors (Lipinski definition) is 4. The molecule has 0 spiro atoms. The Labute approximate surface area is 158 Å². The molecule has 6 heteroatoms. The summed E-state index contributed by atoms with van der Waals surface area (Å²) < 4.78 is 16.4. The largest absolute Gasteiger partial charge is 0.493 e. The Bertz CT molecular complexity index is 919. The molecule has 2 aromatic carbocycles. The van der Waals surface area contributed by atoms with Crippen molar-refractivity contribution in [1.82, 2.24) is 10.3 Å². The van der Waals surface area contributed by atoms with Crippen LogP contribution in [0.3, 0.4) is 0 Å². The number of carbonyl (C=O) groups excluding carboxylic acids is 1. The summed E-state index contributed by atoms with van der Waals surface area (Å²) in [5, 5.41) is 3.80. The van der Waals surface area contributed by atoms with Crippen LogP contribution in [0, 0.1) is 0 Å². The fourth-order valence-corrected chi connectivity index (χ4v) is 3.19. The summed E-state index contributed by atoms with van der Waals surface area (Å²) in [5.74, 6) is 1.60. The minimum Gasteiger partial charge on any atom is -0.493 e. The SMILES string of the molecule is COc1cc2[nH]cc(CC(=O)NCCc3ccccc3)c2c(OC)c1OC. The summed E-state index contributed by atoms with van der Waals surface area (Å²) in [7, 11) is 4.72. The molecule has 0 atom stereocenters. The number of hydrogen-bond donors (Lipinski definition) is 2. The molecule has 3 rings (SSSR count). The Morgan fingerprint density at radius 1 is 1.04 bits per heavy atom. The van der Waals surface area contributed by atoms with Crippen molar-refractivity contribution < 1.29 is 19.0 Å². The number of benzene rings is 2. The number of H-pyrrole nitrogens is 1. The molecule has 0 unspecified atom stereocenters. The van der Waals surface area contributed by atoms with Crippen LogP contribution in [0.25, 0.3) is 10.9 Å². The Morgan fingerprint density at radius 3 is 2.44 bits per heavy atom. The van der Waals surface area contributed by atoms with Crippen molar-refractivity contribution in [3.63, 3.8) is 0 Å². The summed E-state index contributed by atoms with van der Waals surface area (Å²) in [5.41, 5.74) is 2.87. The van der Waals surface area contributed by atoms with E-state index in [2.05, 4.69) is 22.4 Å². The van der Waals surface area contributed by atoms with Crippen molar-refractivity contribution in [2.24, 2.45) is 0 Å². The molecule has 0 aliphatic heterocycles. The lowest BCUT2D eigenvalue weighted by atomic mass is 10.1. The lowest BCUT2D eigenvalue weighted by Crippen LogP contribution is -2.27. The second kappa shape index (κ2) is 8.49. The van der Waals surface area contributed by atoms with E-state index in [1.54, 1.807) is 21.3 Å². The van der Waals surface area contributed by atoms with E-state index in [4.69, 9.17) is 14.2 Å². The zero-order valence-electron chi connectivity index (χ0n) is 15.8. The van der Waals surface area contributed by atoms with Gasteiger partial charge in [-0.1, -0.05) is 30.3 Å². The zero-order chi connectivity index (χ0) is 19.2. The molecule has 142 valence electrons. The minimum atomic E-state index is -0.0383. The normalized spacial score (nSPS) is 10.6. The van der Waals surface area contributed by atoms with Gasteiger partial charge in [0.2, 0.25) is 11.7 Å². The molecule has 1 aromatic heterocycles. The van der Waals surface area contributed by atoms with Gasteiger partial charge in [-0.3, -0.25) is 4.79 Å². The second-order valence-corrected chi connectivity index (χ2v) is 6.14. The molecule has 1 heterocycles. The number of carbonyl (C=O) groups is 1. The van der Waals surface area contributed by atoms with Crippen LogP contribution in [0.1, 0.15) is 11.1 Å². The van der Waals surface area contributed by atoms with Gasteiger partial charge in [-0.05, 0) is 17.5 Å². The number of rotatable bonds is 8. The number of aromatic amines is 1. The van der Waals surface area contributed by atoms with Crippen molar-refractivity contribution in [3.8, 4) is 17.2 Å². The summed E-state index contributed by atoms with van der Waals surface area (Å²) in [4.78, 5) is 15.6. The smallest absolute Gasteiger partial charge is 0.224 e. The van der Waals surface area contributed by atoms with Crippen molar-refractivity contribution in [2.45, 2.75) is 12.8 Å². The predicted octanol–water partition coefficient (Wildman–Crippen LogP) is 3.10. The lowest BCUT2D eigenvalue weighted by molar-refractivity contribution is -0.120. The monoisotopic (exact) mass is 368 g/mol. The second-order valence-electron chi connectivity index (χ2n) is 6.14. The van der Waals surface area contributed by atoms with Gasteiger partial charge in [0, 0.05) is 24.2 Å². The highest BCUT2D eigenvalue weighted by atomic mass is 16.5. The van der Waals surface area contributed by atoms with E-state index < -0.39 is 0 Å². The van der Waals surface area contributed by atoms with Gasteiger partial charge in [-0.15, -0.1) is 0 Å². The average molecular weight is 368 g/mol. The van der Waals surface area contributed by atoms with Crippen LogP contribution in [0.15, 0.2) is 42.6 Å². The van der Waals surface area contributed by atoms with E-state index in [0.717, 1.165) is 22.9 Å². The van der Waals surface area contributed by atoms with Crippen molar-refractivity contribution in [2.75, 3.05) is 27.9 Å². The van der Waals surface area contributed by atoms with Crippen LogP contribution in [0.2, 0.25) is 0 Å². The molecule has 1 amide bonds. The standard InChI is InChI=1S/C21H24N2O4/c1-25-17-12-16-19(21(27-3)20(17)26-2)15(13-23-16)11-18(24)22-10-9-14-7-5-4-6-8-14/h4-8,12-13,23H,9-11H2,1-3H3,(H,22,24). The molecule has 2 N–H and O–H groups in total. The van der Waals surface area contributed by atoms with E-state index in [1.807, 2.05) is 30.5 Å². The van der Waals surface area contributed by atoms with Crippen LogP contribution in [-0.2, 0) is 17.6 Å². The molecule has 0 aliphatic rings. The summed E-state index contributed by atoms with van der Waals surface area (Å²) in [6.45, 7) is 0.597. The Morgan fingerprint density at radius 2 is 1.78 bits per heavy atom. The van der Waals surface area contributed by atoms with E-state index >= 15 is 0 Å². The van der Waals surface area contributed by atoms with Gasteiger partial charge >= 0.3 is 0 Å². The molecular formula is C21H24N2O4. The van der Waals surface area contributed by atoms with Gasteiger partial charge < -0.3 is 24.5 Å². The molecule has 0 fully saturated rings. The number of amides is 1. The van der Waals surface area contributed by atoms with Crippen molar-refractivity contribution in [1.29, 1.82) is 0 Å². The Kier molecular flexibility index (Phi) is 5.86. The van der Waals surface area contributed by atoms with Crippen LogP contribution in [0.4, 0.5) is 0 Å². The first-order valence-electron chi connectivity index (χ1n) is 8.77. The highest BCUT2D eigenvalue weighted by Gasteiger charge is 2.20. The third kappa shape index (κ3) is 4.00. The Balaban J connectivity index is 1.75. The minimum absolute atomic E-state index is 0.0383. The summed E-state index contributed by atoms with van der Waals surface area (Å²) in [6, 6.07) is 11.9. The maximum atomic E-state index is 12.4. The molecule has 6 nitrogen and oxygen atoms in total. The van der Waals surface area contributed by atoms with Crippen molar-refractivity contribution in [3.05, 3.63) is 53.7 Å². The predicted molar refractivity (Wildman–Crippen MR) is 105 cm³/mol. The third-order valence-corrected chi connectivity index (χ3v) is 4.48. The van der Waals surface area contributed by atoms with Gasteiger partial charge in [0.25, 0.3) is 0 Å². The highest BCUT2D eigenvalue weighted by molar-refractivity contribution is 5.96. The fourth-order valence-electron chi connectivity index (χ4n) is 3.19. The van der Waals surface area contributed by atoms with Gasteiger partial charge in [0.15, 0.2) is 11.5 Å². The maximum absolute atomic E-state index is 12.4. The molecule has 3 aromatic rings.